The van der Waals surface area contributed by atoms with Gasteiger partial charge in [-0.25, -0.2) is 0 Å². The molecule has 0 aliphatic heterocycles. The number of rotatable bonds is 6. The average molecular weight is 291 g/mol. The molecule has 1 amide bonds. The second kappa shape index (κ2) is 7.25. The number of carboxylic acid groups (broad SMARTS) is 1. The van der Waals surface area contributed by atoms with Crippen LogP contribution >= 0.6 is 0 Å². The number of hydrogen-bond acceptors (Lipinski definition) is 2. The molecule has 0 aliphatic rings. The van der Waals surface area contributed by atoms with Crippen LogP contribution in [0.3, 0.4) is 0 Å². The van der Waals surface area contributed by atoms with E-state index < -0.39 is 5.97 Å². The summed E-state index contributed by atoms with van der Waals surface area (Å²) in [7, 11) is 0. The van der Waals surface area contributed by atoms with Crippen molar-refractivity contribution in [2.45, 2.75) is 53.0 Å². The van der Waals surface area contributed by atoms with Crippen LogP contribution in [-0.2, 0) is 16.0 Å². The topological polar surface area (TPSA) is 66.4 Å². The van der Waals surface area contributed by atoms with Crippen LogP contribution in [0.15, 0.2) is 24.3 Å². The summed E-state index contributed by atoms with van der Waals surface area (Å²) >= 11 is 0. The van der Waals surface area contributed by atoms with Crippen LogP contribution in [0.25, 0.3) is 0 Å². The molecule has 1 rings (SSSR count). The molecule has 2 N–H and O–H groups in total. The van der Waals surface area contributed by atoms with E-state index >= 15 is 0 Å². The summed E-state index contributed by atoms with van der Waals surface area (Å²) in [6.07, 6.45) is 0.977. The molecule has 1 unspecified atom stereocenters. The number of benzene rings is 1. The zero-order valence-corrected chi connectivity index (χ0v) is 13.3. The van der Waals surface area contributed by atoms with Gasteiger partial charge in [-0.2, -0.15) is 0 Å². The minimum atomic E-state index is -0.895. The molecule has 4 heteroatoms. The second-order valence-electron chi connectivity index (χ2n) is 6.57. The highest BCUT2D eigenvalue weighted by atomic mass is 16.4. The molecule has 0 heterocycles. The van der Waals surface area contributed by atoms with Gasteiger partial charge in [-0.3, -0.25) is 9.59 Å². The third kappa shape index (κ3) is 6.43. The van der Waals surface area contributed by atoms with Gasteiger partial charge < -0.3 is 10.4 Å². The van der Waals surface area contributed by atoms with Gasteiger partial charge in [0, 0.05) is 12.5 Å². The van der Waals surface area contributed by atoms with Crippen LogP contribution in [0.4, 0.5) is 0 Å². The van der Waals surface area contributed by atoms with Crippen molar-refractivity contribution < 1.29 is 14.7 Å². The normalized spacial score (nSPS) is 12.8. The molecule has 4 nitrogen and oxygen atoms in total. The molecular formula is C17H25NO3. The molecule has 1 aromatic rings. The molecule has 0 fully saturated rings. The van der Waals surface area contributed by atoms with E-state index in [1.807, 2.05) is 52.0 Å². The molecule has 21 heavy (non-hydrogen) atoms. The fourth-order valence-electron chi connectivity index (χ4n) is 2.03. The highest BCUT2D eigenvalue weighted by Gasteiger charge is 2.28. The van der Waals surface area contributed by atoms with Crippen LogP contribution in [0.1, 0.15) is 44.7 Å². The SMILES string of the molecule is Cc1ccc(CCC(=O)NC(CC(=O)O)C(C)(C)C)cc1. The lowest BCUT2D eigenvalue weighted by Gasteiger charge is -2.30. The Morgan fingerprint density at radius 3 is 2.24 bits per heavy atom. The first-order chi connectivity index (χ1) is 9.68. The smallest absolute Gasteiger partial charge is 0.305 e. The van der Waals surface area contributed by atoms with Crippen LogP contribution < -0.4 is 5.32 Å². The number of aliphatic carboxylic acids is 1. The second-order valence-corrected chi connectivity index (χ2v) is 6.57. The Kier molecular flexibility index (Phi) is 5.94. The van der Waals surface area contributed by atoms with Crippen molar-refractivity contribution >= 4 is 11.9 Å². The molecule has 0 aromatic heterocycles. The summed E-state index contributed by atoms with van der Waals surface area (Å²) in [5.41, 5.74) is 2.02. The van der Waals surface area contributed by atoms with Gasteiger partial charge in [-0.15, -0.1) is 0 Å². The van der Waals surface area contributed by atoms with Gasteiger partial charge in [0.25, 0.3) is 0 Å². The summed E-state index contributed by atoms with van der Waals surface area (Å²) in [5, 5.41) is 11.8. The van der Waals surface area contributed by atoms with Crippen molar-refractivity contribution in [3.8, 4) is 0 Å². The fraction of sp³-hybridized carbons (Fsp3) is 0.529. The van der Waals surface area contributed by atoms with Gasteiger partial charge in [0.15, 0.2) is 0 Å². The number of carboxylic acids is 1. The lowest BCUT2D eigenvalue weighted by molar-refractivity contribution is -0.138. The Bertz CT molecular complexity index is 486. The number of amides is 1. The number of aryl methyl sites for hydroxylation is 2. The molecule has 0 radical (unpaired) electrons. The maximum absolute atomic E-state index is 12.0. The summed E-state index contributed by atoms with van der Waals surface area (Å²) in [6, 6.07) is 7.72. The maximum atomic E-state index is 12.0. The van der Waals surface area contributed by atoms with Gasteiger partial charge in [0.05, 0.1) is 6.42 Å². The van der Waals surface area contributed by atoms with E-state index in [-0.39, 0.29) is 23.8 Å². The van der Waals surface area contributed by atoms with Gasteiger partial charge >= 0.3 is 5.97 Å². The average Bonchev–Trinajstić information content (AvgIpc) is 2.36. The Morgan fingerprint density at radius 2 is 1.76 bits per heavy atom. The van der Waals surface area contributed by atoms with Crippen LogP contribution in [0.2, 0.25) is 0 Å². The summed E-state index contributed by atoms with van der Waals surface area (Å²) in [5.74, 6) is -0.995. The zero-order chi connectivity index (χ0) is 16.0. The van der Waals surface area contributed by atoms with Gasteiger partial charge in [0.2, 0.25) is 5.91 Å². The summed E-state index contributed by atoms with van der Waals surface area (Å²) in [6.45, 7) is 7.82. The molecule has 1 aromatic carbocycles. The Hall–Kier alpha value is -1.84. The maximum Gasteiger partial charge on any atom is 0.305 e. The Balaban J connectivity index is 2.54. The zero-order valence-electron chi connectivity index (χ0n) is 13.3. The first-order valence-corrected chi connectivity index (χ1v) is 7.25. The minimum absolute atomic E-state index is 0.0558. The van der Waals surface area contributed by atoms with E-state index in [2.05, 4.69) is 5.32 Å². The first kappa shape index (κ1) is 17.2. The van der Waals surface area contributed by atoms with E-state index in [0.29, 0.717) is 12.8 Å². The number of nitrogens with one attached hydrogen (secondary N) is 1. The molecule has 0 bridgehead atoms. The van der Waals surface area contributed by atoms with Gasteiger partial charge in [0.1, 0.15) is 0 Å². The third-order valence-corrected chi connectivity index (χ3v) is 3.52. The number of carbonyl (C=O) groups is 2. The van der Waals surface area contributed by atoms with Crippen LogP contribution in [0, 0.1) is 12.3 Å². The summed E-state index contributed by atoms with van der Waals surface area (Å²) in [4.78, 5) is 22.9. The minimum Gasteiger partial charge on any atom is -0.481 e. The van der Waals surface area contributed by atoms with Gasteiger partial charge in [-0.05, 0) is 24.3 Å². The van der Waals surface area contributed by atoms with E-state index in [4.69, 9.17) is 5.11 Å². The summed E-state index contributed by atoms with van der Waals surface area (Å²) < 4.78 is 0. The molecule has 116 valence electrons. The van der Waals surface area contributed by atoms with E-state index in [1.165, 1.54) is 5.56 Å². The molecule has 0 saturated carbocycles. The van der Waals surface area contributed by atoms with Crippen molar-refractivity contribution in [2.24, 2.45) is 5.41 Å². The number of carbonyl (C=O) groups excluding carboxylic acids is 1. The van der Waals surface area contributed by atoms with Crippen LogP contribution in [0.5, 0.6) is 0 Å². The largest absolute Gasteiger partial charge is 0.481 e. The Labute approximate surface area is 126 Å². The molecule has 1 atom stereocenters. The highest BCUT2D eigenvalue weighted by Crippen LogP contribution is 2.22. The lowest BCUT2D eigenvalue weighted by atomic mass is 9.84. The highest BCUT2D eigenvalue weighted by molar-refractivity contribution is 5.77. The molecule has 0 spiro atoms. The fourth-order valence-corrected chi connectivity index (χ4v) is 2.03. The number of hydrogen-bond donors (Lipinski definition) is 2. The molecule has 0 saturated heterocycles. The van der Waals surface area contributed by atoms with Crippen molar-refractivity contribution in [3.63, 3.8) is 0 Å². The van der Waals surface area contributed by atoms with Crippen molar-refractivity contribution in [1.29, 1.82) is 0 Å². The lowest BCUT2D eigenvalue weighted by Crippen LogP contribution is -2.45. The predicted octanol–water partition coefficient (Wildman–Crippen LogP) is 2.93. The monoisotopic (exact) mass is 291 g/mol. The van der Waals surface area contributed by atoms with E-state index in [9.17, 15) is 9.59 Å². The quantitative estimate of drug-likeness (QED) is 0.847. The van der Waals surface area contributed by atoms with Crippen molar-refractivity contribution in [1.82, 2.24) is 5.32 Å². The Morgan fingerprint density at radius 1 is 1.19 bits per heavy atom. The molecular weight excluding hydrogens is 266 g/mol. The third-order valence-electron chi connectivity index (χ3n) is 3.52. The van der Waals surface area contributed by atoms with Crippen molar-refractivity contribution in [2.75, 3.05) is 0 Å². The van der Waals surface area contributed by atoms with E-state index in [1.54, 1.807) is 0 Å². The predicted molar refractivity (Wildman–Crippen MR) is 83.1 cm³/mol. The van der Waals surface area contributed by atoms with Crippen LogP contribution in [-0.4, -0.2) is 23.0 Å². The van der Waals surface area contributed by atoms with E-state index in [0.717, 1.165) is 5.56 Å². The van der Waals surface area contributed by atoms with Crippen molar-refractivity contribution in [3.05, 3.63) is 35.4 Å². The molecule has 0 aliphatic carbocycles. The first-order valence-electron chi connectivity index (χ1n) is 7.25. The standard InChI is InChI=1S/C17H25NO3/c1-12-5-7-13(8-6-12)9-10-15(19)18-14(11-16(20)21)17(2,3)4/h5-8,14H,9-11H2,1-4H3,(H,18,19)(H,20,21). The van der Waals surface area contributed by atoms with Gasteiger partial charge in [-0.1, -0.05) is 50.6 Å².